The second-order valence-corrected chi connectivity index (χ2v) is 7.62. The van der Waals surface area contributed by atoms with Gasteiger partial charge in [-0.2, -0.15) is 0 Å². The molecule has 0 saturated heterocycles. The van der Waals surface area contributed by atoms with Gasteiger partial charge in [-0.25, -0.2) is 8.42 Å². The summed E-state index contributed by atoms with van der Waals surface area (Å²) in [6, 6.07) is 12.2. The summed E-state index contributed by atoms with van der Waals surface area (Å²) in [6.07, 6.45) is 0.530. The zero-order valence-electron chi connectivity index (χ0n) is 14.1. The fourth-order valence-electron chi connectivity index (χ4n) is 2.37. The number of hydrogen-bond acceptors (Lipinski definition) is 3. The summed E-state index contributed by atoms with van der Waals surface area (Å²) in [5.74, 6) is -0.232. The Bertz CT molecular complexity index is 845. The third kappa shape index (κ3) is 4.83. The number of rotatable bonds is 6. The first-order chi connectivity index (χ1) is 11.3. The van der Waals surface area contributed by atoms with Gasteiger partial charge in [-0.05, 0) is 50.1 Å². The number of amides is 1. The van der Waals surface area contributed by atoms with E-state index in [0.717, 1.165) is 16.8 Å². The Morgan fingerprint density at radius 1 is 1.08 bits per heavy atom. The summed E-state index contributed by atoms with van der Waals surface area (Å²) < 4.78 is 26.2. The van der Waals surface area contributed by atoms with Crippen LogP contribution in [-0.2, 0) is 10.0 Å². The predicted octanol–water partition coefficient (Wildman–Crippen LogP) is 3.71. The first-order valence-electron chi connectivity index (χ1n) is 7.80. The molecule has 0 heterocycles. The van der Waals surface area contributed by atoms with Crippen molar-refractivity contribution < 1.29 is 13.2 Å². The molecule has 6 heteroatoms. The van der Waals surface area contributed by atoms with Crippen LogP contribution in [0.4, 0.5) is 11.4 Å². The van der Waals surface area contributed by atoms with Gasteiger partial charge in [-0.15, -0.1) is 0 Å². The van der Waals surface area contributed by atoms with E-state index in [4.69, 9.17) is 0 Å². The van der Waals surface area contributed by atoms with E-state index in [-0.39, 0.29) is 11.7 Å². The number of nitrogens with one attached hydrogen (secondary N) is 2. The van der Waals surface area contributed by atoms with Gasteiger partial charge in [0.25, 0.3) is 5.91 Å². The Kier molecular flexibility index (Phi) is 5.62. The number of hydrogen-bond donors (Lipinski definition) is 2. The zero-order chi connectivity index (χ0) is 17.7. The van der Waals surface area contributed by atoms with E-state index >= 15 is 0 Å². The van der Waals surface area contributed by atoms with E-state index in [1.165, 1.54) is 6.07 Å². The number of carbonyl (C=O) groups excluding carboxylic acids is 1. The summed E-state index contributed by atoms with van der Waals surface area (Å²) >= 11 is 0. The van der Waals surface area contributed by atoms with Gasteiger partial charge in [0.05, 0.1) is 5.75 Å². The SMILES string of the molecule is CCCS(=O)(=O)Nc1cccc(C(=O)Nc2ccc(C)cc2C)c1. The standard InChI is InChI=1S/C18H22N2O3S/c1-4-10-24(22,23)20-16-7-5-6-15(12-16)18(21)19-17-9-8-13(2)11-14(17)3/h5-9,11-12,20H,4,10H2,1-3H3,(H,19,21). The molecule has 0 aliphatic rings. The number of benzene rings is 2. The fourth-order valence-corrected chi connectivity index (χ4v) is 3.50. The Balaban J connectivity index is 2.17. The molecule has 1 amide bonds. The molecule has 0 aliphatic heterocycles. The van der Waals surface area contributed by atoms with Crippen LogP contribution in [0.25, 0.3) is 0 Å². The molecule has 0 spiro atoms. The highest BCUT2D eigenvalue weighted by Gasteiger charge is 2.12. The van der Waals surface area contributed by atoms with Gasteiger partial charge in [0.15, 0.2) is 0 Å². The number of aryl methyl sites for hydroxylation is 2. The van der Waals surface area contributed by atoms with Crippen molar-refractivity contribution in [1.82, 2.24) is 0 Å². The summed E-state index contributed by atoms with van der Waals surface area (Å²) in [5, 5.41) is 2.85. The van der Waals surface area contributed by atoms with Crippen LogP contribution in [-0.4, -0.2) is 20.1 Å². The highest BCUT2D eigenvalue weighted by molar-refractivity contribution is 7.92. The molecular weight excluding hydrogens is 324 g/mol. The Labute approximate surface area is 143 Å². The average Bonchev–Trinajstić information content (AvgIpc) is 2.49. The normalized spacial score (nSPS) is 11.1. The molecule has 128 valence electrons. The minimum absolute atomic E-state index is 0.0476. The lowest BCUT2D eigenvalue weighted by atomic mass is 10.1. The van der Waals surface area contributed by atoms with Crippen LogP contribution in [0.15, 0.2) is 42.5 Å². The van der Waals surface area contributed by atoms with Gasteiger partial charge in [0.1, 0.15) is 0 Å². The molecule has 2 rings (SSSR count). The van der Waals surface area contributed by atoms with Crippen molar-refractivity contribution in [3.63, 3.8) is 0 Å². The summed E-state index contributed by atoms with van der Waals surface area (Å²) in [5.41, 5.74) is 3.62. The van der Waals surface area contributed by atoms with Crippen LogP contribution in [0.1, 0.15) is 34.8 Å². The third-order valence-corrected chi connectivity index (χ3v) is 4.99. The maximum atomic E-state index is 12.4. The zero-order valence-corrected chi connectivity index (χ0v) is 14.9. The molecule has 5 nitrogen and oxygen atoms in total. The van der Waals surface area contributed by atoms with Crippen molar-refractivity contribution >= 4 is 27.3 Å². The fraction of sp³-hybridized carbons (Fsp3) is 0.278. The highest BCUT2D eigenvalue weighted by Crippen LogP contribution is 2.18. The van der Waals surface area contributed by atoms with Crippen molar-refractivity contribution in [2.24, 2.45) is 0 Å². The lowest BCUT2D eigenvalue weighted by Gasteiger charge is -2.11. The molecule has 2 aromatic rings. The van der Waals surface area contributed by atoms with Gasteiger partial charge in [0.2, 0.25) is 10.0 Å². The Morgan fingerprint density at radius 2 is 1.83 bits per heavy atom. The van der Waals surface area contributed by atoms with E-state index in [1.807, 2.05) is 32.0 Å². The molecular formula is C18H22N2O3S. The molecule has 2 N–H and O–H groups in total. The number of anilines is 2. The van der Waals surface area contributed by atoms with Crippen molar-refractivity contribution in [1.29, 1.82) is 0 Å². The summed E-state index contributed by atoms with van der Waals surface area (Å²) in [6.45, 7) is 5.72. The van der Waals surface area contributed by atoms with E-state index in [9.17, 15) is 13.2 Å². The molecule has 0 radical (unpaired) electrons. The van der Waals surface area contributed by atoms with Crippen molar-refractivity contribution in [2.75, 3.05) is 15.8 Å². The smallest absolute Gasteiger partial charge is 0.255 e. The minimum Gasteiger partial charge on any atom is -0.322 e. The van der Waals surface area contributed by atoms with E-state index in [1.54, 1.807) is 25.1 Å². The van der Waals surface area contributed by atoms with Crippen molar-refractivity contribution in [2.45, 2.75) is 27.2 Å². The van der Waals surface area contributed by atoms with Gasteiger partial charge in [-0.1, -0.05) is 30.7 Å². The summed E-state index contributed by atoms with van der Waals surface area (Å²) in [4.78, 5) is 12.4. The number of carbonyl (C=O) groups is 1. The van der Waals surface area contributed by atoms with E-state index < -0.39 is 10.0 Å². The Hall–Kier alpha value is -2.34. The highest BCUT2D eigenvalue weighted by atomic mass is 32.2. The van der Waals surface area contributed by atoms with E-state index in [2.05, 4.69) is 10.0 Å². The molecule has 0 atom stereocenters. The maximum Gasteiger partial charge on any atom is 0.255 e. The quantitative estimate of drug-likeness (QED) is 0.837. The third-order valence-electron chi connectivity index (χ3n) is 3.50. The monoisotopic (exact) mass is 346 g/mol. The molecule has 0 unspecified atom stereocenters. The summed E-state index contributed by atoms with van der Waals surface area (Å²) in [7, 11) is -3.38. The van der Waals surface area contributed by atoms with Crippen molar-refractivity contribution in [3.05, 3.63) is 59.2 Å². The second-order valence-electron chi connectivity index (χ2n) is 5.77. The lowest BCUT2D eigenvalue weighted by molar-refractivity contribution is 0.102. The minimum atomic E-state index is -3.38. The van der Waals surface area contributed by atoms with Crippen LogP contribution in [0.2, 0.25) is 0 Å². The molecule has 0 bridgehead atoms. The first kappa shape index (κ1) is 18.0. The van der Waals surface area contributed by atoms with Crippen LogP contribution in [0.3, 0.4) is 0 Å². The van der Waals surface area contributed by atoms with Gasteiger partial charge >= 0.3 is 0 Å². The van der Waals surface area contributed by atoms with E-state index in [0.29, 0.717) is 17.7 Å². The number of sulfonamides is 1. The first-order valence-corrected chi connectivity index (χ1v) is 9.45. The van der Waals surface area contributed by atoms with Crippen LogP contribution < -0.4 is 10.0 Å². The molecule has 0 aliphatic carbocycles. The van der Waals surface area contributed by atoms with Gasteiger partial charge in [-0.3, -0.25) is 9.52 Å². The lowest BCUT2D eigenvalue weighted by Crippen LogP contribution is -2.17. The predicted molar refractivity (Wildman–Crippen MR) is 98.0 cm³/mol. The molecule has 0 fully saturated rings. The Morgan fingerprint density at radius 3 is 2.50 bits per heavy atom. The van der Waals surface area contributed by atoms with Crippen LogP contribution in [0, 0.1) is 13.8 Å². The largest absolute Gasteiger partial charge is 0.322 e. The molecule has 0 saturated carbocycles. The topological polar surface area (TPSA) is 75.3 Å². The van der Waals surface area contributed by atoms with Gasteiger partial charge < -0.3 is 5.32 Å². The van der Waals surface area contributed by atoms with Gasteiger partial charge in [0, 0.05) is 16.9 Å². The van der Waals surface area contributed by atoms with Crippen LogP contribution >= 0.6 is 0 Å². The second kappa shape index (κ2) is 7.49. The molecule has 2 aromatic carbocycles. The average molecular weight is 346 g/mol. The molecule has 0 aromatic heterocycles. The van der Waals surface area contributed by atoms with Crippen molar-refractivity contribution in [3.8, 4) is 0 Å². The van der Waals surface area contributed by atoms with Crippen LogP contribution in [0.5, 0.6) is 0 Å². The maximum absolute atomic E-state index is 12.4. The molecule has 24 heavy (non-hydrogen) atoms.